The molecule has 1 atom stereocenters. The second-order valence-electron chi connectivity index (χ2n) is 6.09. The highest BCUT2D eigenvalue weighted by molar-refractivity contribution is 7.88. The fraction of sp³-hybridized carbons (Fsp3) is 0.467. The number of fused-ring (bicyclic) bond motifs is 1. The summed E-state index contributed by atoms with van der Waals surface area (Å²) in [5, 5.41) is 1.02. The fourth-order valence-corrected chi connectivity index (χ4v) is 3.06. The minimum Gasteiger partial charge on any atom is -0.361 e. The zero-order valence-corrected chi connectivity index (χ0v) is 14.3. The molecule has 0 saturated heterocycles. The van der Waals surface area contributed by atoms with Crippen LogP contribution in [0, 0.1) is 0 Å². The largest absolute Gasteiger partial charge is 0.361 e. The van der Waals surface area contributed by atoms with Gasteiger partial charge < -0.3 is 10.7 Å². The Bertz CT molecular complexity index is 763. The number of benzene rings is 1. The molecule has 0 radical (unpaired) electrons. The molecule has 6 nitrogen and oxygen atoms in total. The molecule has 0 saturated carbocycles. The molecular weight excluding hydrogens is 300 g/mol. The van der Waals surface area contributed by atoms with E-state index in [1.807, 2.05) is 50.3 Å². The topological polar surface area (TPSA) is 91.2 Å². The van der Waals surface area contributed by atoms with Crippen LogP contribution in [-0.2, 0) is 22.2 Å². The third-order valence-electron chi connectivity index (χ3n) is 4.07. The van der Waals surface area contributed by atoms with Crippen molar-refractivity contribution in [2.24, 2.45) is 5.73 Å². The minimum atomic E-state index is -3.28. The Kier molecular flexibility index (Phi) is 4.62. The molecule has 0 bridgehead atoms. The summed E-state index contributed by atoms with van der Waals surface area (Å²) in [5.74, 6) is -0.0301. The molecule has 4 N–H and O–H groups in total. The number of hydrogen-bond donors (Lipinski definition) is 3. The summed E-state index contributed by atoms with van der Waals surface area (Å²) in [4.78, 5) is 5.19. The van der Waals surface area contributed by atoms with Crippen molar-refractivity contribution in [3.63, 3.8) is 0 Å². The first-order valence-electron chi connectivity index (χ1n) is 7.11. The number of aromatic amines is 1. The van der Waals surface area contributed by atoms with Crippen LogP contribution in [0.4, 0.5) is 0 Å². The molecule has 7 heteroatoms. The molecule has 0 spiro atoms. The maximum atomic E-state index is 11.7. The Morgan fingerprint density at radius 1 is 1.36 bits per heavy atom. The first kappa shape index (κ1) is 17.0. The van der Waals surface area contributed by atoms with E-state index >= 15 is 0 Å². The van der Waals surface area contributed by atoms with Crippen molar-refractivity contribution in [3.05, 3.63) is 35.5 Å². The molecule has 22 heavy (non-hydrogen) atoms. The van der Waals surface area contributed by atoms with Gasteiger partial charge in [0.15, 0.2) is 0 Å². The highest BCUT2D eigenvalue weighted by Gasteiger charge is 2.23. The van der Waals surface area contributed by atoms with Gasteiger partial charge in [-0.25, -0.2) is 13.1 Å². The molecule has 1 unspecified atom stereocenters. The van der Waals surface area contributed by atoms with Gasteiger partial charge in [0.05, 0.1) is 11.4 Å². The lowest BCUT2D eigenvalue weighted by atomic mass is 10.00. The van der Waals surface area contributed by atoms with E-state index in [-0.39, 0.29) is 5.75 Å². The predicted molar refractivity (Wildman–Crippen MR) is 90.0 cm³/mol. The van der Waals surface area contributed by atoms with Crippen molar-refractivity contribution in [1.29, 1.82) is 0 Å². The molecular formula is C15H24N4O2S. The first-order valence-corrected chi connectivity index (χ1v) is 8.76. The summed E-state index contributed by atoms with van der Waals surface area (Å²) < 4.78 is 25.7. The summed E-state index contributed by atoms with van der Waals surface area (Å²) in [6.45, 7) is 1.97. The van der Waals surface area contributed by atoms with Crippen molar-refractivity contribution in [2.45, 2.75) is 24.8 Å². The van der Waals surface area contributed by atoms with E-state index in [9.17, 15) is 8.42 Å². The lowest BCUT2D eigenvalue weighted by Crippen LogP contribution is -2.51. The maximum Gasteiger partial charge on any atom is 0.215 e. The molecule has 2 aromatic rings. The zero-order chi connectivity index (χ0) is 16.5. The van der Waals surface area contributed by atoms with Gasteiger partial charge in [-0.15, -0.1) is 0 Å². The van der Waals surface area contributed by atoms with Gasteiger partial charge >= 0.3 is 0 Å². The van der Waals surface area contributed by atoms with Crippen LogP contribution >= 0.6 is 0 Å². The van der Waals surface area contributed by atoms with Crippen LogP contribution in [0.5, 0.6) is 0 Å². The van der Waals surface area contributed by atoms with E-state index in [1.165, 1.54) is 7.05 Å². The van der Waals surface area contributed by atoms with E-state index in [4.69, 9.17) is 5.73 Å². The molecule has 0 aliphatic carbocycles. The molecule has 0 fully saturated rings. The van der Waals surface area contributed by atoms with Crippen molar-refractivity contribution < 1.29 is 8.42 Å². The number of rotatable bonds is 6. The summed E-state index contributed by atoms with van der Waals surface area (Å²) in [5.41, 5.74) is 8.66. The summed E-state index contributed by atoms with van der Waals surface area (Å²) in [6.07, 6.45) is 2.61. The highest BCUT2D eigenvalue weighted by Crippen LogP contribution is 2.24. The third-order valence-corrected chi connectivity index (χ3v) is 5.40. The second-order valence-corrected chi connectivity index (χ2v) is 8.01. The Labute approximate surface area is 131 Å². The summed E-state index contributed by atoms with van der Waals surface area (Å²) in [7, 11) is 2.03. The molecule has 0 amide bonds. The van der Waals surface area contributed by atoms with E-state index in [2.05, 4.69) is 9.71 Å². The molecule has 0 aliphatic heterocycles. The van der Waals surface area contributed by atoms with Crippen molar-refractivity contribution in [3.8, 4) is 0 Å². The number of aromatic nitrogens is 1. The van der Waals surface area contributed by atoms with Crippen LogP contribution in [0.25, 0.3) is 10.9 Å². The standard InChI is InChI=1S/C15H24N4O2S/c1-15(16,19(3)4)8-12-9-18-14-6-5-11(7-13(12)14)10-22(20,21)17-2/h5-7,9,17-18H,8,10,16H2,1-4H3. The van der Waals surface area contributed by atoms with Crippen LogP contribution in [0.1, 0.15) is 18.1 Å². The third kappa shape index (κ3) is 3.67. The average Bonchev–Trinajstić information content (AvgIpc) is 2.80. The van der Waals surface area contributed by atoms with Crippen LogP contribution < -0.4 is 10.5 Å². The Balaban J connectivity index is 2.38. The molecule has 1 aromatic carbocycles. The Morgan fingerprint density at radius 3 is 2.64 bits per heavy atom. The van der Waals surface area contributed by atoms with Gasteiger partial charge in [-0.05, 0) is 51.3 Å². The van der Waals surface area contributed by atoms with Crippen molar-refractivity contribution in [1.82, 2.24) is 14.6 Å². The molecule has 2 rings (SSSR count). The number of hydrogen-bond acceptors (Lipinski definition) is 4. The molecule has 1 aromatic heterocycles. The van der Waals surface area contributed by atoms with Crippen LogP contribution in [-0.4, -0.2) is 45.1 Å². The number of nitrogens with one attached hydrogen (secondary N) is 2. The van der Waals surface area contributed by atoms with E-state index in [0.29, 0.717) is 6.42 Å². The van der Waals surface area contributed by atoms with Crippen LogP contribution in [0.2, 0.25) is 0 Å². The van der Waals surface area contributed by atoms with Crippen molar-refractivity contribution >= 4 is 20.9 Å². The summed E-state index contributed by atoms with van der Waals surface area (Å²) >= 11 is 0. The van der Waals surface area contributed by atoms with Gasteiger partial charge in [0.1, 0.15) is 0 Å². The normalized spacial score (nSPS) is 15.4. The van der Waals surface area contributed by atoms with Gasteiger partial charge in [-0.2, -0.15) is 0 Å². The van der Waals surface area contributed by atoms with E-state index in [1.54, 1.807) is 0 Å². The number of H-pyrrole nitrogens is 1. The quantitative estimate of drug-likeness (QED) is 0.691. The number of nitrogens with zero attached hydrogens (tertiary/aromatic N) is 1. The van der Waals surface area contributed by atoms with E-state index in [0.717, 1.165) is 22.0 Å². The van der Waals surface area contributed by atoms with Crippen LogP contribution in [0.3, 0.4) is 0 Å². The smallest absolute Gasteiger partial charge is 0.215 e. The molecule has 122 valence electrons. The zero-order valence-electron chi connectivity index (χ0n) is 13.5. The van der Waals surface area contributed by atoms with Crippen LogP contribution in [0.15, 0.2) is 24.4 Å². The monoisotopic (exact) mass is 324 g/mol. The second kappa shape index (κ2) is 6.00. The summed E-state index contributed by atoms with van der Waals surface area (Å²) in [6, 6.07) is 5.65. The number of nitrogens with two attached hydrogens (primary N) is 1. The Hall–Kier alpha value is -1.41. The SMILES string of the molecule is CNS(=O)(=O)Cc1ccc2[nH]cc(CC(C)(N)N(C)C)c2c1. The average molecular weight is 324 g/mol. The maximum absolute atomic E-state index is 11.7. The van der Waals surface area contributed by atoms with Gasteiger partial charge in [0, 0.05) is 23.5 Å². The van der Waals surface area contributed by atoms with Gasteiger partial charge in [-0.3, -0.25) is 4.90 Å². The lowest BCUT2D eigenvalue weighted by Gasteiger charge is -2.32. The fourth-order valence-electron chi connectivity index (χ4n) is 2.30. The molecule has 0 aliphatic rings. The number of sulfonamides is 1. The van der Waals surface area contributed by atoms with Gasteiger partial charge in [0.25, 0.3) is 0 Å². The van der Waals surface area contributed by atoms with Gasteiger partial charge in [0.2, 0.25) is 10.0 Å². The lowest BCUT2D eigenvalue weighted by molar-refractivity contribution is 0.180. The molecule has 1 heterocycles. The first-order chi connectivity index (χ1) is 10.1. The van der Waals surface area contributed by atoms with Crippen molar-refractivity contribution in [2.75, 3.05) is 21.1 Å². The Morgan fingerprint density at radius 2 is 2.05 bits per heavy atom. The number of likely N-dealkylation sites (N-methyl/N-ethyl adjacent to an activating group) is 1. The minimum absolute atomic E-state index is 0.0301. The predicted octanol–water partition coefficient (Wildman–Crippen LogP) is 0.996. The van der Waals surface area contributed by atoms with Gasteiger partial charge in [-0.1, -0.05) is 6.07 Å². The highest BCUT2D eigenvalue weighted by atomic mass is 32.2. The van der Waals surface area contributed by atoms with E-state index < -0.39 is 15.7 Å².